The molecule has 0 aliphatic carbocycles. The molecule has 0 N–H and O–H groups in total. The summed E-state index contributed by atoms with van der Waals surface area (Å²) in [5.74, 6) is 0.438. The Hall–Kier alpha value is -1.38. The van der Waals surface area contributed by atoms with Gasteiger partial charge < -0.3 is 4.90 Å². The number of aromatic nitrogens is 2. The van der Waals surface area contributed by atoms with E-state index >= 15 is 0 Å². The molecule has 1 aromatic heterocycles. The molecule has 0 saturated heterocycles. The van der Waals surface area contributed by atoms with Gasteiger partial charge in [-0.2, -0.15) is 0 Å². The van der Waals surface area contributed by atoms with Gasteiger partial charge in [0, 0.05) is 26.0 Å². The SMILES string of the molecule is CC(C)c1cnc2c(n1)=CN(C)CC=2. The van der Waals surface area contributed by atoms with Gasteiger partial charge in [0.05, 0.1) is 11.0 Å². The van der Waals surface area contributed by atoms with Crippen molar-refractivity contribution in [3.05, 3.63) is 22.6 Å². The zero-order valence-electron chi connectivity index (χ0n) is 8.86. The van der Waals surface area contributed by atoms with Crippen LogP contribution >= 0.6 is 0 Å². The van der Waals surface area contributed by atoms with Gasteiger partial charge in [-0.15, -0.1) is 0 Å². The lowest BCUT2D eigenvalue weighted by Crippen LogP contribution is -2.39. The normalized spacial score (nSPS) is 14.7. The van der Waals surface area contributed by atoms with E-state index in [-0.39, 0.29) is 0 Å². The average Bonchev–Trinajstić information content (AvgIpc) is 2.16. The van der Waals surface area contributed by atoms with Crippen LogP contribution < -0.4 is 10.7 Å². The maximum Gasteiger partial charge on any atom is 0.105 e. The van der Waals surface area contributed by atoms with E-state index < -0.39 is 0 Å². The lowest BCUT2D eigenvalue weighted by atomic mass is 10.1. The summed E-state index contributed by atoms with van der Waals surface area (Å²) in [6.45, 7) is 5.18. The lowest BCUT2D eigenvalue weighted by Gasteiger charge is -2.14. The summed E-state index contributed by atoms with van der Waals surface area (Å²) >= 11 is 0. The van der Waals surface area contributed by atoms with Crippen molar-refractivity contribution in [2.24, 2.45) is 0 Å². The van der Waals surface area contributed by atoms with Crippen molar-refractivity contribution in [3.63, 3.8) is 0 Å². The van der Waals surface area contributed by atoms with Crippen molar-refractivity contribution >= 4 is 12.3 Å². The molecular formula is C11H15N3. The molecule has 0 spiro atoms. The molecule has 0 atom stereocenters. The Morgan fingerprint density at radius 3 is 2.86 bits per heavy atom. The molecule has 14 heavy (non-hydrogen) atoms. The van der Waals surface area contributed by atoms with E-state index in [1.165, 1.54) is 0 Å². The van der Waals surface area contributed by atoms with Crippen molar-refractivity contribution in [2.45, 2.75) is 19.8 Å². The lowest BCUT2D eigenvalue weighted by molar-refractivity contribution is 0.559. The van der Waals surface area contributed by atoms with E-state index in [1.807, 2.05) is 19.4 Å². The summed E-state index contributed by atoms with van der Waals surface area (Å²) in [6, 6.07) is 0. The fourth-order valence-corrected chi connectivity index (χ4v) is 1.45. The van der Waals surface area contributed by atoms with Crippen molar-refractivity contribution in [2.75, 3.05) is 13.6 Å². The highest BCUT2D eigenvalue weighted by Crippen LogP contribution is 2.05. The molecule has 0 unspecified atom stereocenters. The van der Waals surface area contributed by atoms with E-state index in [1.54, 1.807) is 0 Å². The van der Waals surface area contributed by atoms with Gasteiger partial charge in [0.15, 0.2) is 0 Å². The van der Waals surface area contributed by atoms with E-state index in [4.69, 9.17) is 0 Å². The van der Waals surface area contributed by atoms with E-state index in [0.717, 1.165) is 22.9 Å². The highest BCUT2D eigenvalue weighted by atomic mass is 15.1. The van der Waals surface area contributed by atoms with Gasteiger partial charge in [0.1, 0.15) is 5.35 Å². The summed E-state index contributed by atoms with van der Waals surface area (Å²) in [7, 11) is 2.04. The zero-order chi connectivity index (χ0) is 10.1. The molecule has 0 aromatic carbocycles. The van der Waals surface area contributed by atoms with Crippen LogP contribution in [-0.4, -0.2) is 28.5 Å². The number of nitrogens with zero attached hydrogens (tertiary/aromatic N) is 3. The van der Waals surface area contributed by atoms with Gasteiger partial charge in [0.2, 0.25) is 0 Å². The maximum absolute atomic E-state index is 4.57. The van der Waals surface area contributed by atoms with E-state index in [0.29, 0.717) is 5.92 Å². The Morgan fingerprint density at radius 1 is 1.36 bits per heavy atom. The summed E-state index contributed by atoms with van der Waals surface area (Å²) in [6.07, 6.45) is 6.03. The van der Waals surface area contributed by atoms with Gasteiger partial charge in [-0.1, -0.05) is 13.8 Å². The summed E-state index contributed by atoms with van der Waals surface area (Å²) in [4.78, 5) is 11.1. The highest BCUT2D eigenvalue weighted by molar-refractivity contribution is 5.33. The van der Waals surface area contributed by atoms with Gasteiger partial charge in [-0.05, 0) is 12.0 Å². The van der Waals surface area contributed by atoms with Gasteiger partial charge in [-0.25, -0.2) is 4.98 Å². The molecule has 1 aliphatic heterocycles. The number of rotatable bonds is 1. The summed E-state index contributed by atoms with van der Waals surface area (Å²) < 4.78 is 0. The largest absolute Gasteiger partial charge is 0.375 e. The van der Waals surface area contributed by atoms with Crippen LogP contribution in [0.1, 0.15) is 25.5 Å². The standard InChI is InChI=1S/C11H15N3/c1-8(2)10-6-12-9-4-5-14(3)7-11(9)13-10/h4,6-8H,5H2,1-3H3. The molecule has 3 nitrogen and oxygen atoms in total. The molecule has 74 valence electrons. The third-order valence-electron chi connectivity index (χ3n) is 2.35. The molecular weight excluding hydrogens is 174 g/mol. The molecule has 1 aromatic rings. The zero-order valence-corrected chi connectivity index (χ0v) is 8.86. The van der Waals surface area contributed by atoms with Gasteiger partial charge in [-0.3, -0.25) is 4.98 Å². The third kappa shape index (κ3) is 1.62. The van der Waals surface area contributed by atoms with Crippen LogP contribution in [0.4, 0.5) is 0 Å². The molecule has 1 aliphatic rings. The van der Waals surface area contributed by atoms with Crippen LogP contribution in [0.15, 0.2) is 6.20 Å². The first-order chi connectivity index (χ1) is 6.66. The minimum atomic E-state index is 0.438. The van der Waals surface area contributed by atoms with Crippen LogP contribution in [-0.2, 0) is 0 Å². The Bertz CT molecular complexity index is 448. The van der Waals surface area contributed by atoms with Crippen LogP contribution in [0.25, 0.3) is 12.3 Å². The molecule has 3 heteroatoms. The van der Waals surface area contributed by atoms with Crippen molar-refractivity contribution < 1.29 is 0 Å². The van der Waals surface area contributed by atoms with Gasteiger partial charge >= 0.3 is 0 Å². The first-order valence-corrected chi connectivity index (χ1v) is 4.92. The molecule has 2 rings (SSSR count). The first kappa shape index (κ1) is 9.19. The highest BCUT2D eigenvalue weighted by Gasteiger charge is 2.04. The predicted molar refractivity (Wildman–Crippen MR) is 56.9 cm³/mol. The first-order valence-electron chi connectivity index (χ1n) is 4.92. The Labute approximate surface area is 83.8 Å². The minimum Gasteiger partial charge on any atom is -0.375 e. The van der Waals surface area contributed by atoms with E-state index in [9.17, 15) is 0 Å². The van der Waals surface area contributed by atoms with E-state index in [2.05, 4.69) is 34.8 Å². The predicted octanol–water partition coefficient (Wildman–Crippen LogP) is 0.0639. The second-order valence-corrected chi connectivity index (χ2v) is 3.99. The number of hydrogen-bond donors (Lipinski definition) is 0. The fraction of sp³-hybridized carbons (Fsp3) is 0.455. The molecule has 2 heterocycles. The second-order valence-electron chi connectivity index (χ2n) is 3.99. The van der Waals surface area contributed by atoms with Crippen LogP contribution in [0.2, 0.25) is 0 Å². The number of hydrogen-bond acceptors (Lipinski definition) is 3. The maximum atomic E-state index is 4.57. The Balaban J connectivity index is 2.59. The molecule has 0 saturated carbocycles. The smallest absolute Gasteiger partial charge is 0.105 e. The van der Waals surface area contributed by atoms with Crippen LogP contribution in [0.5, 0.6) is 0 Å². The molecule has 0 radical (unpaired) electrons. The average molecular weight is 189 g/mol. The summed E-state index contributed by atoms with van der Waals surface area (Å²) in [5, 5.41) is 2.00. The van der Waals surface area contributed by atoms with Gasteiger partial charge in [0.25, 0.3) is 0 Å². The number of fused-ring (bicyclic) bond motifs is 1. The molecule has 0 amide bonds. The Kier molecular flexibility index (Phi) is 2.23. The summed E-state index contributed by atoms with van der Waals surface area (Å²) in [5.41, 5.74) is 1.06. The van der Waals surface area contributed by atoms with Crippen molar-refractivity contribution in [1.82, 2.24) is 14.9 Å². The topological polar surface area (TPSA) is 29.0 Å². The quantitative estimate of drug-likeness (QED) is 0.626. The minimum absolute atomic E-state index is 0.438. The molecule has 0 bridgehead atoms. The van der Waals surface area contributed by atoms with Crippen molar-refractivity contribution in [1.29, 1.82) is 0 Å². The monoisotopic (exact) mass is 189 g/mol. The van der Waals surface area contributed by atoms with Crippen LogP contribution in [0, 0.1) is 0 Å². The second kappa shape index (κ2) is 3.40. The Morgan fingerprint density at radius 2 is 2.14 bits per heavy atom. The van der Waals surface area contributed by atoms with Crippen LogP contribution in [0.3, 0.4) is 0 Å². The molecule has 0 fully saturated rings. The fourth-order valence-electron chi connectivity index (χ4n) is 1.45. The third-order valence-corrected chi connectivity index (χ3v) is 2.35. The van der Waals surface area contributed by atoms with Crippen molar-refractivity contribution in [3.8, 4) is 0 Å².